The molecule has 1 aliphatic rings. The summed E-state index contributed by atoms with van der Waals surface area (Å²) in [5, 5.41) is 3.27. The van der Waals surface area contributed by atoms with Gasteiger partial charge in [0.2, 0.25) is 5.91 Å². The molecule has 16 heavy (non-hydrogen) atoms. The second kappa shape index (κ2) is 5.64. The maximum absolute atomic E-state index is 11.5. The second-order valence-corrected chi connectivity index (χ2v) is 5.31. The molecular weight excluding hydrogens is 204 g/mol. The molecule has 1 rings (SSSR count). The molecule has 1 fully saturated rings. The lowest BCUT2D eigenvalue weighted by atomic mass is 9.90. The fourth-order valence-electron chi connectivity index (χ4n) is 2.22. The Morgan fingerprint density at radius 2 is 2.31 bits per heavy atom. The summed E-state index contributed by atoms with van der Waals surface area (Å²) in [6.45, 7) is 7.62. The Balaban J connectivity index is 2.46. The zero-order valence-corrected chi connectivity index (χ0v) is 10.6. The maximum Gasteiger partial charge on any atom is 0.237 e. The van der Waals surface area contributed by atoms with Gasteiger partial charge in [0.1, 0.15) is 0 Å². The molecule has 1 heterocycles. The summed E-state index contributed by atoms with van der Waals surface area (Å²) in [5.74, 6) is 0.161. The van der Waals surface area contributed by atoms with E-state index in [2.05, 4.69) is 19.2 Å². The number of nitrogens with two attached hydrogens (primary N) is 1. The predicted octanol–water partition coefficient (Wildman–Crippen LogP) is 1.05. The third-order valence-electron chi connectivity index (χ3n) is 3.10. The number of primary amides is 1. The van der Waals surface area contributed by atoms with E-state index < -0.39 is 5.54 Å². The third kappa shape index (κ3) is 3.76. The Morgan fingerprint density at radius 3 is 2.75 bits per heavy atom. The SMILES string of the molecule is CC(C)CC(C)(NCC1CCCO1)C(N)=O. The Bertz CT molecular complexity index is 237. The first-order valence-electron chi connectivity index (χ1n) is 6.10. The monoisotopic (exact) mass is 228 g/mol. The molecule has 0 radical (unpaired) electrons. The van der Waals surface area contributed by atoms with Crippen molar-refractivity contribution in [1.82, 2.24) is 5.32 Å². The molecule has 2 unspecified atom stereocenters. The summed E-state index contributed by atoms with van der Waals surface area (Å²) in [5.41, 5.74) is 4.85. The van der Waals surface area contributed by atoms with E-state index in [9.17, 15) is 4.79 Å². The van der Waals surface area contributed by atoms with E-state index in [0.717, 1.165) is 25.9 Å². The predicted molar refractivity (Wildman–Crippen MR) is 64.0 cm³/mol. The van der Waals surface area contributed by atoms with Crippen molar-refractivity contribution < 1.29 is 9.53 Å². The molecular formula is C12H24N2O2. The smallest absolute Gasteiger partial charge is 0.237 e. The van der Waals surface area contributed by atoms with Crippen molar-refractivity contribution in [3.05, 3.63) is 0 Å². The molecule has 1 amide bonds. The first-order valence-corrected chi connectivity index (χ1v) is 6.10. The molecule has 94 valence electrons. The van der Waals surface area contributed by atoms with E-state index in [0.29, 0.717) is 12.5 Å². The van der Waals surface area contributed by atoms with Crippen LogP contribution in [0.15, 0.2) is 0 Å². The van der Waals surface area contributed by atoms with Crippen LogP contribution in [0.4, 0.5) is 0 Å². The highest BCUT2D eigenvalue weighted by molar-refractivity contribution is 5.84. The van der Waals surface area contributed by atoms with Crippen molar-refractivity contribution in [3.63, 3.8) is 0 Å². The number of hydrogen-bond donors (Lipinski definition) is 2. The number of amides is 1. The second-order valence-electron chi connectivity index (χ2n) is 5.31. The van der Waals surface area contributed by atoms with Gasteiger partial charge in [-0.1, -0.05) is 13.8 Å². The summed E-state index contributed by atoms with van der Waals surface area (Å²) in [4.78, 5) is 11.5. The lowest BCUT2D eigenvalue weighted by molar-refractivity contribution is -0.124. The van der Waals surface area contributed by atoms with Crippen LogP contribution in [0.5, 0.6) is 0 Å². The van der Waals surface area contributed by atoms with Gasteiger partial charge >= 0.3 is 0 Å². The Hall–Kier alpha value is -0.610. The van der Waals surface area contributed by atoms with Gasteiger partial charge in [0.05, 0.1) is 11.6 Å². The van der Waals surface area contributed by atoms with Crippen molar-refractivity contribution in [2.45, 2.75) is 51.7 Å². The maximum atomic E-state index is 11.5. The molecule has 3 N–H and O–H groups in total. The lowest BCUT2D eigenvalue weighted by Gasteiger charge is -2.30. The minimum absolute atomic E-state index is 0.242. The topological polar surface area (TPSA) is 64.3 Å². The molecule has 4 nitrogen and oxygen atoms in total. The minimum Gasteiger partial charge on any atom is -0.377 e. The van der Waals surface area contributed by atoms with Gasteiger partial charge < -0.3 is 15.8 Å². The average Bonchev–Trinajstić information content (AvgIpc) is 2.65. The summed E-state index contributed by atoms with van der Waals surface area (Å²) < 4.78 is 5.52. The average molecular weight is 228 g/mol. The van der Waals surface area contributed by atoms with Crippen molar-refractivity contribution in [1.29, 1.82) is 0 Å². The molecule has 0 spiro atoms. The minimum atomic E-state index is -0.611. The normalized spacial score (nSPS) is 24.6. The number of ether oxygens (including phenoxy) is 1. The summed E-state index contributed by atoms with van der Waals surface area (Å²) in [7, 11) is 0. The summed E-state index contributed by atoms with van der Waals surface area (Å²) in [6, 6.07) is 0. The van der Waals surface area contributed by atoms with Gasteiger partial charge in [-0.3, -0.25) is 4.79 Å². The van der Waals surface area contributed by atoms with Gasteiger partial charge in [-0.2, -0.15) is 0 Å². The quantitative estimate of drug-likeness (QED) is 0.714. The van der Waals surface area contributed by atoms with Gasteiger partial charge in [-0.25, -0.2) is 0 Å². The number of hydrogen-bond acceptors (Lipinski definition) is 3. The fraction of sp³-hybridized carbons (Fsp3) is 0.917. The number of carbonyl (C=O) groups excluding carboxylic acids is 1. The zero-order chi connectivity index (χ0) is 12.2. The van der Waals surface area contributed by atoms with Gasteiger partial charge in [0, 0.05) is 13.2 Å². The van der Waals surface area contributed by atoms with Crippen LogP contribution in [0.3, 0.4) is 0 Å². The highest BCUT2D eigenvalue weighted by Gasteiger charge is 2.32. The van der Waals surface area contributed by atoms with Crippen LogP contribution in [0.25, 0.3) is 0 Å². The molecule has 4 heteroatoms. The van der Waals surface area contributed by atoms with Crippen LogP contribution in [-0.2, 0) is 9.53 Å². The first kappa shape index (κ1) is 13.5. The van der Waals surface area contributed by atoms with Gasteiger partial charge in [0.25, 0.3) is 0 Å². The third-order valence-corrected chi connectivity index (χ3v) is 3.10. The van der Waals surface area contributed by atoms with E-state index in [-0.39, 0.29) is 12.0 Å². The summed E-state index contributed by atoms with van der Waals surface area (Å²) in [6.07, 6.45) is 3.19. The highest BCUT2D eigenvalue weighted by atomic mass is 16.5. The van der Waals surface area contributed by atoms with E-state index in [1.165, 1.54) is 0 Å². The number of nitrogens with one attached hydrogen (secondary N) is 1. The zero-order valence-electron chi connectivity index (χ0n) is 10.6. The largest absolute Gasteiger partial charge is 0.377 e. The summed E-state index contributed by atoms with van der Waals surface area (Å²) >= 11 is 0. The van der Waals surface area contributed by atoms with E-state index in [1.807, 2.05) is 6.92 Å². The highest BCUT2D eigenvalue weighted by Crippen LogP contribution is 2.18. The van der Waals surface area contributed by atoms with Crippen LogP contribution in [0.2, 0.25) is 0 Å². The van der Waals surface area contributed by atoms with E-state index >= 15 is 0 Å². The Labute approximate surface area is 97.9 Å². The van der Waals surface area contributed by atoms with Crippen LogP contribution in [0.1, 0.15) is 40.0 Å². The Morgan fingerprint density at radius 1 is 1.62 bits per heavy atom. The lowest BCUT2D eigenvalue weighted by Crippen LogP contribution is -2.55. The van der Waals surface area contributed by atoms with Crippen LogP contribution in [0, 0.1) is 5.92 Å². The molecule has 0 aromatic heterocycles. The fourth-order valence-corrected chi connectivity index (χ4v) is 2.22. The number of rotatable bonds is 6. The molecule has 0 saturated carbocycles. The molecule has 0 aromatic carbocycles. The standard InChI is InChI=1S/C12H24N2O2/c1-9(2)7-12(3,11(13)15)14-8-10-5-4-6-16-10/h9-10,14H,4-8H2,1-3H3,(H2,13,15). The molecule has 0 aromatic rings. The van der Waals surface area contributed by atoms with Gasteiger partial charge in [-0.15, -0.1) is 0 Å². The van der Waals surface area contributed by atoms with E-state index in [1.54, 1.807) is 0 Å². The van der Waals surface area contributed by atoms with Crippen LogP contribution >= 0.6 is 0 Å². The van der Waals surface area contributed by atoms with Crippen LogP contribution < -0.4 is 11.1 Å². The first-order chi connectivity index (χ1) is 7.44. The van der Waals surface area contributed by atoms with Crippen molar-refractivity contribution >= 4 is 5.91 Å². The van der Waals surface area contributed by atoms with Gasteiger partial charge in [0.15, 0.2) is 0 Å². The molecule has 1 saturated heterocycles. The molecule has 1 aliphatic heterocycles. The van der Waals surface area contributed by atoms with Crippen molar-refractivity contribution in [2.75, 3.05) is 13.2 Å². The molecule has 2 atom stereocenters. The Kier molecular flexibility index (Phi) is 4.74. The van der Waals surface area contributed by atoms with Crippen molar-refractivity contribution in [2.24, 2.45) is 11.7 Å². The molecule has 0 bridgehead atoms. The van der Waals surface area contributed by atoms with Crippen molar-refractivity contribution in [3.8, 4) is 0 Å². The molecule has 0 aliphatic carbocycles. The van der Waals surface area contributed by atoms with E-state index in [4.69, 9.17) is 10.5 Å². The number of carbonyl (C=O) groups is 1. The van der Waals surface area contributed by atoms with Crippen LogP contribution in [-0.4, -0.2) is 30.7 Å². The van der Waals surface area contributed by atoms with Gasteiger partial charge in [-0.05, 0) is 32.1 Å².